The second-order valence-electron chi connectivity index (χ2n) is 3.91. The van der Waals surface area contributed by atoms with Gasteiger partial charge in [0.2, 0.25) is 0 Å². The summed E-state index contributed by atoms with van der Waals surface area (Å²) in [5, 5.41) is 18.7. The fourth-order valence-corrected chi connectivity index (χ4v) is 1.79. The van der Waals surface area contributed by atoms with E-state index in [2.05, 4.69) is 0 Å². The van der Waals surface area contributed by atoms with E-state index in [4.69, 9.17) is 14.6 Å². The molecule has 0 spiro atoms. The number of rotatable bonds is 6. The van der Waals surface area contributed by atoms with E-state index in [9.17, 15) is 9.90 Å². The Kier molecular flexibility index (Phi) is 4.50. The molecule has 1 saturated heterocycles. The third kappa shape index (κ3) is 3.15. The first kappa shape index (κ1) is 12.4. The van der Waals surface area contributed by atoms with Crippen molar-refractivity contribution in [2.45, 2.75) is 25.9 Å². The van der Waals surface area contributed by atoms with Gasteiger partial charge in [-0.3, -0.25) is 4.79 Å². The molecule has 1 heterocycles. The summed E-state index contributed by atoms with van der Waals surface area (Å²) in [5.41, 5.74) is -0.920. The van der Waals surface area contributed by atoms with E-state index in [1.165, 1.54) is 0 Å². The Labute approximate surface area is 89.0 Å². The van der Waals surface area contributed by atoms with Crippen LogP contribution in [-0.4, -0.2) is 48.7 Å². The Balaban J connectivity index is 2.48. The highest BCUT2D eigenvalue weighted by atomic mass is 16.5. The van der Waals surface area contributed by atoms with Crippen LogP contribution in [0.25, 0.3) is 0 Å². The number of aliphatic hydroxyl groups excluding tert-OH is 1. The maximum absolute atomic E-state index is 11.1. The molecule has 2 atom stereocenters. The van der Waals surface area contributed by atoms with Crippen molar-refractivity contribution < 1.29 is 24.5 Å². The second kappa shape index (κ2) is 5.44. The van der Waals surface area contributed by atoms with Gasteiger partial charge in [0.15, 0.2) is 0 Å². The summed E-state index contributed by atoms with van der Waals surface area (Å²) in [4.78, 5) is 11.1. The number of aliphatic carboxylic acids is 1. The lowest BCUT2D eigenvalue weighted by Crippen LogP contribution is -2.36. The van der Waals surface area contributed by atoms with Gasteiger partial charge in [-0.1, -0.05) is 0 Å². The molecular weight excluding hydrogens is 200 g/mol. The van der Waals surface area contributed by atoms with Gasteiger partial charge >= 0.3 is 5.97 Å². The third-order valence-corrected chi connectivity index (χ3v) is 2.70. The van der Waals surface area contributed by atoms with E-state index in [1.807, 2.05) is 6.92 Å². The fourth-order valence-electron chi connectivity index (χ4n) is 1.79. The molecule has 0 amide bonds. The molecule has 1 aliphatic rings. The Morgan fingerprint density at radius 2 is 2.40 bits per heavy atom. The first-order valence-electron chi connectivity index (χ1n) is 5.17. The molecule has 2 N–H and O–H groups in total. The van der Waals surface area contributed by atoms with Gasteiger partial charge in [-0.2, -0.15) is 0 Å². The highest BCUT2D eigenvalue weighted by Crippen LogP contribution is 2.34. The molecule has 88 valence electrons. The molecule has 5 nitrogen and oxygen atoms in total. The number of aliphatic hydroxyl groups is 1. The average molecular weight is 218 g/mol. The molecule has 0 radical (unpaired) electrons. The normalized spacial score (nSPS) is 27.9. The van der Waals surface area contributed by atoms with E-state index in [-0.39, 0.29) is 19.6 Å². The highest BCUT2D eigenvalue weighted by molar-refractivity contribution is 5.75. The molecule has 0 bridgehead atoms. The van der Waals surface area contributed by atoms with Crippen LogP contribution < -0.4 is 0 Å². The topological polar surface area (TPSA) is 76.0 Å². The zero-order valence-corrected chi connectivity index (χ0v) is 8.94. The summed E-state index contributed by atoms with van der Waals surface area (Å²) >= 11 is 0. The summed E-state index contributed by atoms with van der Waals surface area (Å²) in [7, 11) is 0. The van der Waals surface area contributed by atoms with E-state index in [0.29, 0.717) is 19.6 Å². The van der Waals surface area contributed by atoms with Crippen molar-refractivity contribution in [3.8, 4) is 0 Å². The highest BCUT2D eigenvalue weighted by Gasteiger charge is 2.43. The summed E-state index contributed by atoms with van der Waals surface area (Å²) in [5.74, 6) is -0.893. The third-order valence-electron chi connectivity index (χ3n) is 2.70. The summed E-state index contributed by atoms with van der Waals surface area (Å²) in [6.45, 7) is 3.18. The molecule has 1 fully saturated rings. The summed E-state index contributed by atoms with van der Waals surface area (Å²) < 4.78 is 10.1. The molecular formula is C10H18O5. The van der Waals surface area contributed by atoms with Crippen LogP contribution in [0.2, 0.25) is 0 Å². The lowest BCUT2D eigenvalue weighted by molar-refractivity contribution is -0.151. The molecule has 1 aliphatic heterocycles. The molecule has 0 aromatic heterocycles. The molecule has 0 saturated carbocycles. The predicted molar refractivity (Wildman–Crippen MR) is 52.6 cm³/mol. The lowest BCUT2D eigenvalue weighted by atomic mass is 9.82. The van der Waals surface area contributed by atoms with Crippen molar-refractivity contribution >= 4 is 5.97 Å². The minimum atomic E-state index is -0.920. The molecule has 2 unspecified atom stereocenters. The molecule has 0 aromatic carbocycles. The van der Waals surface area contributed by atoms with Gasteiger partial charge in [0.25, 0.3) is 0 Å². The predicted octanol–water partition coefficient (Wildman–Crippen LogP) is 0.265. The Bertz CT molecular complexity index is 210. The molecule has 0 aliphatic carbocycles. The van der Waals surface area contributed by atoms with Gasteiger partial charge in [0.1, 0.15) is 0 Å². The van der Waals surface area contributed by atoms with Crippen LogP contribution >= 0.6 is 0 Å². The molecule has 1 rings (SSSR count). The van der Waals surface area contributed by atoms with Crippen LogP contribution in [0.5, 0.6) is 0 Å². The van der Waals surface area contributed by atoms with Gasteiger partial charge in [0, 0.05) is 13.2 Å². The maximum atomic E-state index is 11.1. The quantitative estimate of drug-likeness (QED) is 0.669. The number of hydrogen-bond acceptors (Lipinski definition) is 4. The maximum Gasteiger partial charge on any atom is 0.312 e. The van der Waals surface area contributed by atoms with Crippen LogP contribution in [0, 0.1) is 5.41 Å². The molecule has 15 heavy (non-hydrogen) atoms. The molecule has 5 heteroatoms. The van der Waals surface area contributed by atoms with E-state index >= 15 is 0 Å². The van der Waals surface area contributed by atoms with E-state index in [0.717, 1.165) is 0 Å². The number of carbonyl (C=O) groups is 1. The summed E-state index contributed by atoms with van der Waals surface area (Å²) in [6, 6.07) is 0. The fraction of sp³-hybridized carbons (Fsp3) is 0.900. The van der Waals surface area contributed by atoms with Crippen LogP contribution in [0.4, 0.5) is 0 Å². The first-order chi connectivity index (χ1) is 7.10. The van der Waals surface area contributed by atoms with Crippen molar-refractivity contribution in [3.05, 3.63) is 0 Å². The number of ether oxygens (including phenoxy) is 2. The largest absolute Gasteiger partial charge is 0.481 e. The standard InChI is InChI=1S/C10H18O5/c1-2-14-6-8(11)5-10(9(12)13)3-4-15-7-10/h8,11H,2-7H2,1H3,(H,12,13). The van der Waals surface area contributed by atoms with Crippen LogP contribution in [0.1, 0.15) is 19.8 Å². The average Bonchev–Trinajstić information content (AvgIpc) is 2.64. The van der Waals surface area contributed by atoms with Gasteiger partial charge in [0.05, 0.1) is 24.7 Å². The Morgan fingerprint density at radius 3 is 2.87 bits per heavy atom. The van der Waals surface area contributed by atoms with Gasteiger partial charge in [-0.05, 0) is 19.8 Å². The van der Waals surface area contributed by atoms with Crippen LogP contribution in [-0.2, 0) is 14.3 Å². The lowest BCUT2D eigenvalue weighted by Gasteiger charge is -2.24. The minimum Gasteiger partial charge on any atom is -0.481 e. The van der Waals surface area contributed by atoms with Crippen molar-refractivity contribution in [2.75, 3.05) is 26.4 Å². The summed E-state index contributed by atoms with van der Waals surface area (Å²) in [6.07, 6.45) is -0.0730. The van der Waals surface area contributed by atoms with Gasteiger partial charge < -0.3 is 19.7 Å². The second-order valence-corrected chi connectivity index (χ2v) is 3.91. The van der Waals surface area contributed by atoms with Crippen molar-refractivity contribution in [3.63, 3.8) is 0 Å². The minimum absolute atomic E-state index is 0.186. The zero-order valence-electron chi connectivity index (χ0n) is 8.94. The number of hydrogen-bond donors (Lipinski definition) is 2. The van der Waals surface area contributed by atoms with Crippen molar-refractivity contribution in [2.24, 2.45) is 5.41 Å². The Hall–Kier alpha value is -0.650. The van der Waals surface area contributed by atoms with Gasteiger partial charge in [-0.15, -0.1) is 0 Å². The number of carboxylic acids is 1. The zero-order chi connectivity index (χ0) is 11.3. The van der Waals surface area contributed by atoms with Crippen LogP contribution in [0.15, 0.2) is 0 Å². The smallest absolute Gasteiger partial charge is 0.312 e. The van der Waals surface area contributed by atoms with E-state index in [1.54, 1.807) is 0 Å². The number of carboxylic acid groups (broad SMARTS) is 1. The monoisotopic (exact) mass is 218 g/mol. The van der Waals surface area contributed by atoms with Crippen LogP contribution in [0.3, 0.4) is 0 Å². The van der Waals surface area contributed by atoms with Gasteiger partial charge in [-0.25, -0.2) is 0 Å². The molecule has 0 aromatic rings. The Morgan fingerprint density at radius 1 is 1.67 bits per heavy atom. The SMILES string of the molecule is CCOCC(O)CC1(C(=O)O)CCOC1. The first-order valence-corrected chi connectivity index (χ1v) is 5.17. The van der Waals surface area contributed by atoms with Crippen molar-refractivity contribution in [1.29, 1.82) is 0 Å². The van der Waals surface area contributed by atoms with E-state index < -0.39 is 17.5 Å². The van der Waals surface area contributed by atoms with Crippen molar-refractivity contribution in [1.82, 2.24) is 0 Å².